The van der Waals surface area contributed by atoms with Crippen molar-refractivity contribution in [3.05, 3.63) is 30.3 Å². The van der Waals surface area contributed by atoms with Crippen LogP contribution in [-0.4, -0.2) is 48.4 Å². The van der Waals surface area contributed by atoms with Crippen LogP contribution < -0.4 is 16.4 Å². The average molecular weight is 369 g/mol. The number of amides is 2. The number of hydrogen-bond acceptors (Lipinski definition) is 4. The van der Waals surface area contributed by atoms with Crippen LogP contribution in [0.15, 0.2) is 30.3 Å². The Balaban J connectivity index is 0.00000312. The fourth-order valence-electron chi connectivity index (χ4n) is 2.91. The minimum absolute atomic E-state index is 0. The number of nitrogens with one attached hydrogen (secondary N) is 2. The summed E-state index contributed by atoms with van der Waals surface area (Å²) in [5, 5.41) is 5.92. The molecule has 0 spiro atoms. The van der Waals surface area contributed by atoms with Gasteiger partial charge in [-0.2, -0.15) is 0 Å². The van der Waals surface area contributed by atoms with Crippen molar-refractivity contribution in [2.45, 2.75) is 44.7 Å². The third kappa shape index (κ3) is 7.42. The molecule has 1 aromatic carbocycles. The van der Waals surface area contributed by atoms with E-state index in [1.807, 2.05) is 37.3 Å². The quantitative estimate of drug-likeness (QED) is 0.684. The summed E-state index contributed by atoms with van der Waals surface area (Å²) in [7, 11) is 0. The molecule has 1 aliphatic heterocycles. The standard InChI is InChI=1S/C18H28N4O2.ClH/c1-2-6-16(19)18(24)21-15-9-11-22(12-10-15)13-17(23)20-14-7-4-3-5-8-14;/h3-5,7-8,15-16H,2,6,9-13,19H2,1H3,(H,20,23)(H,21,24);1H. The lowest BCUT2D eigenvalue weighted by molar-refractivity contribution is -0.124. The molecule has 25 heavy (non-hydrogen) atoms. The predicted molar refractivity (Wildman–Crippen MR) is 103 cm³/mol. The van der Waals surface area contributed by atoms with Crippen LogP contribution in [0.4, 0.5) is 5.69 Å². The summed E-state index contributed by atoms with van der Waals surface area (Å²) < 4.78 is 0. The molecular weight excluding hydrogens is 340 g/mol. The highest BCUT2D eigenvalue weighted by atomic mass is 35.5. The van der Waals surface area contributed by atoms with E-state index in [0.717, 1.165) is 38.0 Å². The maximum Gasteiger partial charge on any atom is 0.238 e. The van der Waals surface area contributed by atoms with Gasteiger partial charge < -0.3 is 16.4 Å². The van der Waals surface area contributed by atoms with Crippen molar-refractivity contribution in [3.63, 3.8) is 0 Å². The highest BCUT2D eigenvalue weighted by Crippen LogP contribution is 2.11. The van der Waals surface area contributed by atoms with Gasteiger partial charge in [-0.05, 0) is 31.4 Å². The van der Waals surface area contributed by atoms with Crippen molar-refractivity contribution in [2.75, 3.05) is 25.0 Å². The summed E-state index contributed by atoms with van der Waals surface area (Å²) in [5.74, 6) is -0.0641. The van der Waals surface area contributed by atoms with Crippen LogP contribution in [0.5, 0.6) is 0 Å². The van der Waals surface area contributed by atoms with E-state index < -0.39 is 6.04 Å². The molecule has 140 valence electrons. The molecule has 2 rings (SSSR count). The minimum atomic E-state index is -0.412. The van der Waals surface area contributed by atoms with Gasteiger partial charge in [-0.25, -0.2) is 0 Å². The Hall–Kier alpha value is -1.63. The number of rotatable bonds is 7. The van der Waals surface area contributed by atoms with Gasteiger partial charge >= 0.3 is 0 Å². The Kier molecular flexibility index (Phi) is 9.49. The average Bonchev–Trinajstić information content (AvgIpc) is 2.57. The smallest absolute Gasteiger partial charge is 0.238 e. The van der Waals surface area contributed by atoms with Crippen molar-refractivity contribution in [1.29, 1.82) is 0 Å². The Morgan fingerprint density at radius 1 is 1.24 bits per heavy atom. The number of anilines is 1. The van der Waals surface area contributed by atoms with E-state index in [2.05, 4.69) is 15.5 Å². The number of halogens is 1. The lowest BCUT2D eigenvalue weighted by Crippen LogP contribution is -2.50. The van der Waals surface area contributed by atoms with Crippen LogP contribution in [0.3, 0.4) is 0 Å². The van der Waals surface area contributed by atoms with E-state index in [-0.39, 0.29) is 30.3 Å². The van der Waals surface area contributed by atoms with Crippen molar-refractivity contribution in [2.24, 2.45) is 5.73 Å². The first-order valence-electron chi connectivity index (χ1n) is 8.71. The summed E-state index contributed by atoms with van der Waals surface area (Å²) in [5.41, 5.74) is 6.65. The van der Waals surface area contributed by atoms with Gasteiger partial charge in [0.15, 0.2) is 0 Å². The van der Waals surface area contributed by atoms with Crippen LogP contribution in [0, 0.1) is 0 Å². The second-order valence-electron chi connectivity index (χ2n) is 6.37. The van der Waals surface area contributed by atoms with E-state index in [0.29, 0.717) is 13.0 Å². The molecule has 1 heterocycles. The zero-order valence-electron chi connectivity index (χ0n) is 14.7. The lowest BCUT2D eigenvalue weighted by atomic mass is 10.0. The van der Waals surface area contributed by atoms with Gasteiger partial charge in [0, 0.05) is 24.8 Å². The Morgan fingerprint density at radius 3 is 2.48 bits per heavy atom. The third-order valence-corrected chi connectivity index (χ3v) is 4.30. The normalized spacial score (nSPS) is 16.6. The van der Waals surface area contributed by atoms with Gasteiger partial charge in [0.05, 0.1) is 12.6 Å². The van der Waals surface area contributed by atoms with E-state index in [1.54, 1.807) is 0 Å². The topological polar surface area (TPSA) is 87.5 Å². The molecule has 1 unspecified atom stereocenters. The molecule has 0 saturated carbocycles. The Morgan fingerprint density at radius 2 is 1.88 bits per heavy atom. The molecule has 0 bridgehead atoms. The molecule has 2 amide bonds. The zero-order valence-corrected chi connectivity index (χ0v) is 15.6. The maximum atomic E-state index is 12.1. The van der Waals surface area contributed by atoms with Gasteiger partial charge in [0.25, 0.3) is 0 Å². The monoisotopic (exact) mass is 368 g/mol. The number of hydrogen-bond donors (Lipinski definition) is 3. The fraction of sp³-hybridized carbons (Fsp3) is 0.556. The van der Waals surface area contributed by atoms with Crippen LogP contribution in [-0.2, 0) is 9.59 Å². The Labute approximate surface area is 155 Å². The summed E-state index contributed by atoms with van der Waals surface area (Å²) in [6.07, 6.45) is 3.32. The van der Waals surface area contributed by atoms with E-state index >= 15 is 0 Å². The number of nitrogens with zero attached hydrogens (tertiary/aromatic N) is 1. The number of nitrogens with two attached hydrogens (primary N) is 1. The second kappa shape index (κ2) is 11.1. The molecule has 0 aliphatic carbocycles. The highest BCUT2D eigenvalue weighted by Gasteiger charge is 2.23. The summed E-state index contributed by atoms with van der Waals surface area (Å²) >= 11 is 0. The van der Waals surface area contributed by atoms with Crippen LogP contribution >= 0.6 is 12.4 Å². The first-order chi connectivity index (χ1) is 11.6. The van der Waals surface area contributed by atoms with Crippen molar-refractivity contribution >= 4 is 29.9 Å². The number of para-hydroxylation sites is 1. The molecule has 0 aromatic heterocycles. The molecule has 4 N–H and O–H groups in total. The minimum Gasteiger partial charge on any atom is -0.352 e. The molecule has 6 nitrogen and oxygen atoms in total. The second-order valence-corrected chi connectivity index (χ2v) is 6.37. The number of carbonyl (C=O) groups excluding carboxylic acids is 2. The lowest BCUT2D eigenvalue weighted by Gasteiger charge is -2.32. The fourth-order valence-corrected chi connectivity index (χ4v) is 2.91. The molecule has 1 aromatic rings. The number of likely N-dealkylation sites (tertiary alicyclic amines) is 1. The van der Waals surface area contributed by atoms with E-state index in [1.165, 1.54) is 0 Å². The Bertz CT molecular complexity index is 533. The van der Waals surface area contributed by atoms with Gasteiger partial charge in [-0.1, -0.05) is 31.5 Å². The van der Waals surface area contributed by atoms with Crippen LogP contribution in [0.25, 0.3) is 0 Å². The number of benzene rings is 1. The maximum absolute atomic E-state index is 12.1. The number of piperidine rings is 1. The van der Waals surface area contributed by atoms with Crippen LogP contribution in [0.1, 0.15) is 32.6 Å². The van der Waals surface area contributed by atoms with Crippen molar-refractivity contribution in [3.8, 4) is 0 Å². The highest BCUT2D eigenvalue weighted by molar-refractivity contribution is 5.92. The SMILES string of the molecule is CCCC(N)C(=O)NC1CCN(CC(=O)Nc2ccccc2)CC1.Cl. The first-order valence-corrected chi connectivity index (χ1v) is 8.71. The van der Waals surface area contributed by atoms with Crippen molar-refractivity contribution in [1.82, 2.24) is 10.2 Å². The van der Waals surface area contributed by atoms with E-state index in [4.69, 9.17) is 5.73 Å². The molecule has 1 atom stereocenters. The largest absolute Gasteiger partial charge is 0.352 e. The van der Waals surface area contributed by atoms with Gasteiger partial charge in [0.2, 0.25) is 11.8 Å². The molecule has 0 radical (unpaired) electrons. The van der Waals surface area contributed by atoms with Gasteiger partial charge in [0.1, 0.15) is 0 Å². The molecule has 1 saturated heterocycles. The summed E-state index contributed by atoms with van der Waals surface area (Å²) in [6, 6.07) is 9.21. The van der Waals surface area contributed by atoms with Gasteiger partial charge in [-0.15, -0.1) is 12.4 Å². The zero-order chi connectivity index (χ0) is 17.4. The molecule has 7 heteroatoms. The molecule has 1 fully saturated rings. The van der Waals surface area contributed by atoms with Crippen LogP contribution in [0.2, 0.25) is 0 Å². The van der Waals surface area contributed by atoms with Gasteiger partial charge in [-0.3, -0.25) is 14.5 Å². The van der Waals surface area contributed by atoms with Crippen molar-refractivity contribution < 1.29 is 9.59 Å². The number of carbonyl (C=O) groups is 2. The first kappa shape index (κ1) is 21.4. The summed E-state index contributed by atoms with van der Waals surface area (Å²) in [4.78, 5) is 26.1. The third-order valence-electron chi connectivity index (χ3n) is 4.30. The predicted octanol–water partition coefficient (Wildman–Crippen LogP) is 1.75. The van der Waals surface area contributed by atoms with E-state index in [9.17, 15) is 9.59 Å². The molecule has 1 aliphatic rings. The summed E-state index contributed by atoms with van der Waals surface area (Å²) in [6.45, 7) is 4.00. The molecular formula is C18H29ClN4O2.